The fourth-order valence-corrected chi connectivity index (χ4v) is 2.97. The lowest BCUT2D eigenvalue weighted by atomic mass is 10.1. The molecule has 0 saturated carbocycles. The quantitative estimate of drug-likeness (QED) is 0.745. The van der Waals surface area contributed by atoms with Crippen molar-refractivity contribution in [2.24, 2.45) is 0 Å². The zero-order valence-electron chi connectivity index (χ0n) is 13.2. The molecule has 0 aliphatic carbocycles. The molecule has 0 aromatic carbocycles. The molecule has 1 fully saturated rings. The molecule has 1 aliphatic rings. The Balaban J connectivity index is 1.69. The Bertz CT molecular complexity index is 818. The van der Waals surface area contributed by atoms with E-state index in [1.807, 2.05) is 49.9 Å². The lowest BCUT2D eigenvalue weighted by Gasteiger charge is -2.17. The van der Waals surface area contributed by atoms with Gasteiger partial charge in [0.05, 0.1) is 23.8 Å². The first-order chi connectivity index (χ1) is 11.3. The van der Waals surface area contributed by atoms with Crippen molar-refractivity contribution in [3.05, 3.63) is 54.6 Å². The smallest absolute Gasteiger partial charge is 0.153 e. The minimum Gasteiger partial charge on any atom is -0.370 e. The molecular weight excluding hydrogens is 286 g/mol. The number of nitrogens with zero attached hydrogens (tertiary/aromatic N) is 5. The summed E-state index contributed by atoms with van der Waals surface area (Å²) in [6, 6.07) is 8.17. The Labute approximate surface area is 135 Å². The summed E-state index contributed by atoms with van der Waals surface area (Å²) in [4.78, 5) is 11.5. The fraction of sp³-hybridized carbons (Fsp3) is 0.278. The molecule has 1 aliphatic heterocycles. The highest BCUT2D eigenvalue weighted by Gasteiger charge is 2.13. The van der Waals surface area contributed by atoms with Gasteiger partial charge in [-0.2, -0.15) is 5.10 Å². The third-order valence-electron chi connectivity index (χ3n) is 4.17. The third-order valence-corrected chi connectivity index (χ3v) is 4.17. The SMILES string of the molecule is Cc1cnn(-c2cccc(-c3cncc(N4CCCC4)c3)n2)c1. The van der Waals surface area contributed by atoms with Gasteiger partial charge >= 0.3 is 0 Å². The van der Waals surface area contributed by atoms with Gasteiger partial charge in [-0.15, -0.1) is 0 Å². The van der Waals surface area contributed by atoms with E-state index in [0.29, 0.717) is 0 Å². The highest BCUT2D eigenvalue weighted by Crippen LogP contribution is 2.25. The van der Waals surface area contributed by atoms with Crippen molar-refractivity contribution in [2.75, 3.05) is 18.0 Å². The molecule has 0 spiro atoms. The van der Waals surface area contributed by atoms with E-state index in [0.717, 1.165) is 35.7 Å². The molecule has 5 heteroatoms. The number of hydrogen-bond acceptors (Lipinski definition) is 4. The van der Waals surface area contributed by atoms with Crippen LogP contribution in [0.2, 0.25) is 0 Å². The molecule has 4 heterocycles. The largest absolute Gasteiger partial charge is 0.370 e. The predicted molar refractivity (Wildman–Crippen MR) is 90.8 cm³/mol. The summed E-state index contributed by atoms with van der Waals surface area (Å²) in [6.07, 6.45) is 10.2. The molecule has 0 radical (unpaired) electrons. The highest BCUT2D eigenvalue weighted by molar-refractivity contribution is 5.64. The van der Waals surface area contributed by atoms with Crippen LogP contribution in [0.1, 0.15) is 18.4 Å². The third kappa shape index (κ3) is 2.82. The van der Waals surface area contributed by atoms with E-state index in [1.165, 1.54) is 18.5 Å². The molecule has 4 rings (SSSR count). The molecule has 0 unspecified atom stereocenters. The van der Waals surface area contributed by atoms with E-state index in [1.54, 1.807) is 4.68 Å². The van der Waals surface area contributed by atoms with Crippen molar-refractivity contribution >= 4 is 5.69 Å². The van der Waals surface area contributed by atoms with Gasteiger partial charge in [0.25, 0.3) is 0 Å². The second-order valence-electron chi connectivity index (χ2n) is 5.97. The van der Waals surface area contributed by atoms with Crippen LogP contribution < -0.4 is 4.90 Å². The number of rotatable bonds is 3. The van der Waals surface area contributed by atoms with E-state index in [-0.39, 0.29) is 0 Å². The van der Waals surface area contributed by atoms with Gasteiger partial charge in [-0.05, 0) is 43.5 Å². The van der Waals surface area contributed by atoms with Crippen LogP contribution in [0.15, 0.2) is 49.1 Å². The van der Waals surface area contributed by atoms with Crippen LogP contribution in [0, 0.1) is 6.92 Å². The van der Waals surface area contributed by atoms with Crippen LogP contribution in [0.3, 0.4) is 0 Å². The molecule has 23 heavy (non-hydrogen) atoms. The standard InChI is InChI=1S/C18H19N5/c1-14-10-20-23(13-14)18-6-4-5-17(21-18)15-9-16(12-19-11-15)22-7-2-3-8-22/h4-6,9-13H,2-3,7-8H2,1H3. The summed E-state index contributed by atoms with van der Waals surface area (Å²) in [5, 5.41) is 4.33. The second kappa shape index (κ2) is 5.83. The number of anilines is 1. The summed E-state index contributed by atoms with van der Waals surface area (Å²) >= 11 is 0. The van der Waals surface area contributed by atoms with E-state index >= 15 is 0 Å². The number of hydrogen-bond donors (Lipinski definition) is 0. The summed E-state index contributed by atoms with van der Waals surface area (Å²) in [5.41, 5.74) is 4.27. The Morgan fingerprint density at radius 3 is 2.70 bits per heavy atom. The first-order valence-corrected chi connectivity index (χ1v) is 7.99. The Hall–Kier alpha value is -2.69. The molecule has 0 bridgehead atoms. The summed E-state index contributed by atoms with van der Waals surface area (Å²) in [7, 11) is 0. The van der Waals surface area contributed by atoms with E-state index in [9.17, 15) is 0 Å². The van der Waals surface area contributed by atoms with Crippen molar-refractivity contribution < 1.29 is 0 Å². The van der Waals surface area contributed by atoms with Crippen molar-refractivity contribution in [2.45, 2.75) is 19.8 Å². The number of aromatic nitrogens is 4. The highest BCUT2D eigenvalue weighted by atomic mass is 15.3. The fourth-order valence-electron chi connectivity index (χ4n) is 2.97. The van der Waals surface area contributed by atoms with E-state index in [2.05, 4.69) is 21.0 Å². The van der Waals surface area contributed by atoms with E-state index < -0.39 is 0 Å². The van der Waals surface area contributed by atoms with Gasteiger partial charge < -0.3 is 4.90 Å². The maximum Gasteiger partial charge on any atom is 0.153 e. The van der Waals surface area contributed by atoms with Gasteiger partial charge in [-0.3, -0.25) is 4.98 Å². The Morgan fingerprint density at radius 2 is 1.91 bits per heavy atom. The molecule has 3 aromatic rings. The van der Waals surface area contributed by atoms with Gasteiger partial charge in [-0.1, -0.05) is 6.07 Å². The van der Waals surface area contributed by atoms with Gasteiger partial charge in [0, 0.05) is 31.0 Å². The zero-order chi connectivity index (χ0) is 15.6. The average Bonchev–Trinajstić information content (AvgIpc) is 3.27. The minimum absolute atomic E-state index is 0.821. The van der Waals surface area contributed by atoms with Crippen LogP contribution in [-0.4, -0.2) is 32.8 Å². The zero-order valence-corrected chi connectivity index (χ0v) is 13.2. The monoisotopic (exact) mass is 305 g/mol. The van der Waals surface area contributed by atoms with Gasteiger partial charge in [-0.25, -0.2) is 9.67 Å². The van der Waals surface area contributed by atoms with Crippen molar-refractivity contribution in [3.63, 3.8) is 0 Å². The van der Waals surface area contributed by atoms with Crippen molar-refractivity contribution in [1.29, 1.82) is 0 Å². The van der Waals surface area contributed by atoms with Gasteiger partial charge in [0.2, 0.25) is 0 Å². The van der Waals surface area contributed by atoms with Gasteiger partial charge in [0.15, 0.2) is 5.82 Å². The molecule has 0 atom stereocenters. The predicted octanol–water partition coefficient (Wildman–Crippen LogP) is 3.24. The molecule has 5 nitrogen and oxygen atoms in total. The van der Waals surface area contributed by atoms with Crippen LogP contribution >= 0.6 is 0 Å². The molecular formula is C18H19N5. The Morgan fingerprint density at radius 1 is 1.04 bits per heavy atom. The lowest BCUT2D eigenvalue weighted by molar-refractivity contribution is 0.848. The summed E-state index contributed by atoms with van der Waals surface area (Å²) < 4.78 is 1.80. The van der Waals surface area contributed by atoms with Crippen molar-refractivity contribution in [1.82, 2.24) is 19.7 Å². The number of aryl methyl sites for hydroxylation is 1. The van der Waals surface area contributed by atoms with Crippen LogP contribution in [0.4, 0.5) is 5.69 Å². The number of pyridine rings is 2. The summed E-state index contributed by atoms with van der Waals surface area (Å²) in [6.45, 7) is 4.26. The van der Waals surface area contributed by atoms with Crippen molar-refractivity contribution in [3.8, 4) is 17.1 Å². The molecule has 1 saturated heterocycles. The molecule has 3 aromatic heterocycles. The molecule has 0 amide bonds. The van der Waals surface area contributed by atoms with Gasteiger partial charge in [0.1, 0.15) is 0 Å². The molecule has 116 valence electrons. The van der Waals surface area contributed by atoms with Crippen LogP contribution in [0.5, 0.6) is 0 Å². The summed E-state index contributed by atoms with van der Waals surface area (Å²) in [5.74, 6) is 0.821. The maximum absolute atomic E-state index is 4.74. The van der Waals surface area contributed by atoms with Crippen LogP contribution in [-0.2, 0) is 0 Å². The van der Waals surface area contributed by atoms with Crippen LogP contribution in [0.25, 0.3) is 17.1 Å². The first-order valence-electron chi connectivity index (χ1n) is 7.99. The normalized spacial score (nSPS) is 14.4. The Kier molecular flexibility index (Phi) is 3.54. The second-order valence-corrected chi connectivity index (χ2v) is 5.97. The molecule has 0 N–H and O–H groups in total. The maximum atomic E-state index is 4.74. The first kappa shape index (κ1) is 13.9. The average molecular weight is 305 g/mol. The van der Waals surface area contributed by atoms with E-state index in [4.69, 9.17) is 4.98 Å². The lowest BCUT2D eigenvalue weighted by Crippen LogP contribution is -2.17. The topological polar surface area (TPSA) is 46.8 Å². The minimum atomic E-state index is 0.821.